The van der Waals surface area contributed by atoms with Crippen LogP contribution < -0.4 is 10.1 Å². The van der Waals surface area contributed by atoms with Gasteiger partial charge in [0, 0.05) is 24.1 Å². The van der Waals surface area contributed by atoms with Gasteiger partial charge in [0.1, 0.15) is 0 Å². The minimum absolute atomic E-state index is 0.0281. The lowest BCUT2D eigenvalue weighted by Gasteiger charge is -2.49. The molecule has 2 atom stereocenters. The fourth-order valence-corrected chi connectivity index (χ4v) is 2.48. The molecule has 2 rings (SSSR count). The molecular weight excluding hydrogens is 260 g/mol. The molecule has 0 radical (unpaired) electrons. The summed E-state index contributed by atoms with van der Waals surface area (Å²) in [6, 6.07) is 5.16. The van der Waals surface area contributed by atoms with Crippen molar-refractivity contribution < 1.29 is 14.8 Å². The number of aliphatic hydroxyl groups excluding tert-OH is 1. The van der Waals surface area contributed by atoms with Crippen LogP contribution in [0.3, 0.4) is 0 Å². The van der Waals surface area contributed by atoms with E-state index < -0.39 is 4.92 Å². The molecule has 2 unspecified atom stereocenters. The Hall–Kier alpha value is -1.66. The number of nitrogens with zero attached hydrogens (tertiary/aromatic N) is 1. The van der Waals surface area contributed by atoms with Crippen molar-refractivity contribution in [2.45, 2.75) is 39.0 Å². The van der Waals surface area contributed by atoms with Crippen molar-refractivity contribution in [3.63, 3.8) is 0 Å². The standard InChI is InChI=1S/C14H20N2O4/c1-14(2)12(7-13(14)17)15-8-9-4-5-11(20-3)10(6-9)16(18)19/h4-6,12-13,15,17H,7-8H2,1-3H3. The Bertz CT molecular complexity index is 516. The van der Waals surface area contributed by atoms with Gasteiger partial charge in [0.25, 0.3) is 0 Å². The molecule has 20 heavy (non-hydrogen) atoms. The summed E-state index contributed by atoms with van der Waals surface area (Å²) in [5, 5.41) is 24.0. The molecule has 1 aromatic rings. The normalized spacial score (nSPS) is 24.0. The van der Waals surface area contributed by atoms with Crippen molar-refractivity contribution in [1.82, 2.24) is 5.32 Å². The maximum absolute atomic E-state index is 11.0. The fraction of sp³-hybridized carbons (Fsp3) is 0.571. The summed E-state index contributed by atoms with van der Waals surface area (Å²) in [6.07, 6.45) is 0.427. The predicted molar refractivity (Wildman–Crippen MR) is 74.7 cm³/mol. The third kappa shape index (κ3) is 2.62. The minimum Gasteiger partial charge on any atom is -0.490 e. The molecule has 1 fully saturated rings. The quantitative estimate of drug-likeness (QED) is 0.635. The molecule has 6 heteroatoms. The van der Waals surface area contributed by atoms with E-state index in [1.54, 1.807) is 12.1 Å². The van der Waals surface area contributed by atoms with Crippen LogP contribution in [0, 0.1) is 15.5 Å². The van der Waals surface area contributed by atoms with Crippen LogP contribution >= 0.6 is 0 Å². The van der Waals surface area contributed by atoms with E-state index in [-0.39, 0.29) is 29.0 Å². The van der Waals surface area contributed by atoms with Gasteiger partial charge in [-0.3, -0.25) is 10.1 Å². The maximum Gasteiger partial charge on any atom is 0.311 e. The van der Waals surface area contributed by atoms with Gasteiger partial charge in [0.15, 0.2) is 5.75 Å². The molecule has 1 aliphatic rings. The second-order valence-electron chi connectivity index (χ2n) is 5.77. The lowest BCUT2D eigenvalue weighted by Crippen LogP contribution is -2.59. The molecule has 0 saturated heterocycles. The van der Waals surface area contributed by atoms with Crippen molar-refractivity contribution >= 4 is 5.69 Å². The van der Waals surface area contributed by atoms with Gasteiger partial charge in [-0.05, 0) is 18.1 Å². The number of aliphatic hydroxyl groups is 1. The zero-order chi connectivity index (χ0) is 14.9. The van der Waals surface area contributed by atoms with Crippen molar-refractivity contribution in [2.75, 3.05) is 7.11 Å². The number of hydrogen-bond acceptors (Lipinski definition) is 5. The van der Waals surface area contributed by atoms with E-state index >= 15 is 0 Å². The average molecular weight is 280 g/mol. The number of benzene rings is 1. The Labute approximate surface area is 117 Å². The van der Waals surface area contributed by atoms with Crippen molar-refractivity contribution in [1.29, 1.82) is 0 Å². The van der Waals surface area contributed by atoms with E-state index in [0.717, 1.165) is 5.56 Å². The number of rotatable bonds is 5. The van der Waals surface area contributed by atoms with Crippen LogP contribution in [-0.4, -0.2) is 29.3 Å². The van der Waals surface area contributed by atoms with Crippen LogP contribution in [-0.2, 0) is 6.54 Å². The van der Waals surface area contributed by atoms with E-state index in [1.165, 1.54) is 13.2 Å². The van der Waals surface area contributed by atoms with Gasteiger partial charge in [-0.2, -0.15) is 0 Å². The van der Waals surface area contributed by atoms with Crippen LogP contribution in [0.1, 0.15) is 25.8 Å². The molecule has 1 aromatic carbocycles. The third-order valence-electron chi connectivity index (χ3n) is 4.21. The SMILES string of the molecule is COc1ccc(CNC2CC(O)C2(C)C)cc1[N+](=O)[O-]. The molecule has 6 nitrogen and oxygen atoms in total. The molecule has 1 saturated carbocycles. The highest BCUT2D eigenvalue weighted by atomic mass is 16.6. The highest BCUT2D eigenvalue weighted by Crippen LogP contribution is 2.40. The van der Waals surface area contributed by atoms with Crippen molar-refractivity contribution in [3.8, 4) is 5.75 Å². The van der Waals surface area contributed by atoms with Gasteiger partial charge in [-0.1, -0.05) is 19.9 Å². The van der Waals surface area contributed by atoms with Gasteiger partial charge in [0.05, 0.1) is 18.1 Å². The molecule has 110 valence electrons. The molecule has 1 aliphatic carbocycles. The summed E-state index contributed by atoms with van der Waals surface area (Å²) in [6.45, 7) is 4.55. The Kier molecular flexibility index (Phi) is 3.96. The summed E-state index contributed by atoms with van der Waals surface area (Å²) in [5.74, 6) is 0.262. The molecule has 0 aliphatic heterocycles. The van der Waals surface area contributed by atoms with Gasteiger partial charge in [0.2, 0.25) is 0 Å². The average Bonchev–Trinajstić information content (AvgIpc) is 2.42. The fourth-order valence-electron chi connectivity index (χ4n) is 2.48. The Morgan fingerprint density at radius 2 is 2.25 bits per heavy atom. The van der Waals surface area contributed by atoms with Gasteiger partial charge >= 0.3 is 5.69 Å². The highest BCUT2D eigenvalue weighted by Gasteiger charge is 2.46. The number of nitro benzene ring substituents is 1. The van der Waals surface area contributed by atoms with Crippen LogP contribution in [0.15, 0.2) is 18.2 Å². The van der Waals surface area contributed by atoms with E-state index in [9.17, 15) is 15.2 Å². The number of nitrogens with one attached hydrogen (secondary N) is 1. The van der Waals surface area contributed by atoms with Gasteiger partial charge in [-0.25, -0.2) is 0 Å². The summed E-state index contributed by atoms with van der Waals surface area (Å²) >= 11 is 0. The largest absolute Gasteiger partial charge is 0.490 e. The van der Waals surface area contributed by atoms with Crippen LogP contribution in [0.25, 0.3) is 0 Å². The summed E-state index contributed by atoms with van der Waals surface area (Å²) < 4.78 is 4.97. The maximum atomic E-state index is 11.0. The smallest absolute Gasteiger partial charge is 0.311 e. The number of ether oxygens (including phenoxy) is 1. The summed E-state index contributed by atoms with van der Waals surface area (Å²) in [7, 11) is 1.42. The first-order valence-corrected chi connectivity index (χ1v) is 6.59. The molecular formula is C14H20N2O4. The van der Waals surface area contributed by atoms with E-state index in [2.05, 4.69) is 5.32 Å². The monoisotopic (exact) mass is 280 g/mol. The summed E-state index contributed by atoms with van der Waals surface area (Å²) in [5.41, 5.74) is 0.646. The molecule has 0 spiro atoms. The first kappa shape index (κ1) is 14.7. The second-order valence-corrected chi connectivity index (χ2v) is 5.77. The van der Waals surface area contributed by atoms with Gasteiger partial charge in [-0.15, -0.1) is 0 Å². The first-order valence-electron chi connectivity index (χ1n) is 6.59. The van der Waals surface area contributed by atoms with Crippen molar-refractivity contribution in [2.24, 2.45) is 5.41 Å². The third-order valence-corrected chi connectivity index (χ3v) is 4.21. The van der Waals surface area contributed by atoms with Crippen molar-refractivity contribution in [3.05, 3.63) is 33.9 Å². The Morgan fingerprint density at radius 1 is 1.55 bits per heavy atom. The lowest BCUT2D eigenvalue weighted by molar-refractivity contribution is -0.385. The Morgan fingerprint density at radius 3 is 2.75 bits per heavy atom. The van der Waals surface area contributed by atoms with E-state index in [0.29, 0.717) is 13.0 Å². The molecule has 2 N–H and O–H groups in total. The number of hydrogen-bond donors (Lipinski definition) is 2. The van der Waals surface area contributed by atoms with E-state index in [4.69, 9.17) is 4.74 Å². The first-order chi connectivity index (χ1) is 9.36. The molecule has 0 heterocycles. The molecule has 0 aromatic heterocycles. The van der Waals surface area contributed by atoms with Crippen LogP contribution in [0.4, 0.5) is 5.69 Å². The zero-order valence-electron chi connectivity index (χ0n) is 11.9. The summed E-state index contributed by atoms with van der Waals surface area (Å²) in [4.78, 5) is 10.5. The van der Waals surface area contributed by atoms with Gasteiger partial charge < -0.3 is 15.2 Å². The Balaban J connectivity index is 2.04. The van der Waals surface area contributed by atoms with Crippen LogP contribution in [0.5, 0.6) is 5.75 Å². The molecule has 0 bridgehead atoms. The second kappa shape index (κ2) is 5.38. The highest BCUT2D eigenvalue weighted by molar-refractivity contribution is 5.48. The number of nitro groups is 1. The predicted octanol–water partition coefficient (Wildman–Crippen LogP) is 1.85. The topological polar surface area (TPSA) is 84.6 Å². The molecule has 0 amide bonds. The number of methoxy groups -OCH3 is 1. The van der Waals surface area contributed by atoms with Crippen LogP contribution in [0.2, 0.25) is 0 Å². The van der Waals surface area contributed by atoms with E-state index in [1.807, 2.05) is 13.8 Å². The zero-order valence-corrected chi connectivity index (χ0v) is 11.9. The lowest BCUT2D eigenvalue weighted by atomic mass is 9.64. The minimum atomic E-state index is -0.445.